The summed E-state index contributed by atoms with van der Waals surface area (Å²) in [5.74, 6) is 0.223. The number of aryl methyl sites for hydroxylation is 1. The number of carbonyl (C=O) groups is 1. The van der Waals surface area contributed by atoms with E-state index in [1.165, 1.54) is 11.3 Å². The monoisotopic (exact) mass is 324 g/mol. The lowest BCUT2D eigenvalue weighted by molar-refractivity contribution is -0.125. The number of anilines is 1. The first-order valence-corrected chi connectivity index (χ1v) is 8.96. The maximum Gasteiger partial charge on any atom is 0.225 e. The zero-order valence-corrected chi connectivity index (χ0v) is 14.1. The fourth-order valence-electron chi connectivity index (χ4n) is 4.63. The van der Waals surface area contributed by atoms with Gasteiger partial charge in [-0.15, -0.1) is 0 Å². The van der Waals surface area contributed by atoms with Crippen molar-refractivity contribution in [3.8, 4) is 6.19 Å². The lowest BCUT2D eigenvalue weighted by atomic mass is 9.95. The lowest BCUT2D eigenvalue weighted by Gasteiger charge is -2.24. The van der Waals surface area contributed by atoms with Crippen molar-refractivity contribution in [1.82, 2.24) is 10.2 Å². The van der Waals surface area contributed by atoms with Gasteiger partial charge in [0.25, 0.3) is 0 Å². The summed E-state index contributed by atoms with van der Waals surface area (Å²) in [4.78, 5) is 16.9. The molecule has 24 heavy (non-hydrogen) atoms. The second kappa shape index (κ2) is 6.01. The number of hydrogen-bond donors (Lipinski definition) is 1. The first-order chi connectivity index (χ1) is 11.7. The van der Waals surface area contributed by atoms with E-state index < -0.39 is 0 Å². The van der Waals surface area contributed by atoms with Gasteiger partial charge in [0.2, 0.25) is 5.91 Å². The molecule has 4 rings (SSSR count). The summed E-state index contributed by atoms with van der Waals surface area (Å²) in [7, 11) is 0. The minimum Gasteiger partial charge on any atom is -0.371 e. The highest BCUT2D eigenvalue weighted by molar-refractivity contribution is 5.80. The van der Waals surface area contributed by atoms with Crippen LogP contribution in [0.2, 0.25) is 0 Å². The number of hydrogen-bond acceptors (Lipinski definition) is 4. The predicted molar refractivity (Wildman–Crippen MR) is 92.3 cm³/mol. The number of fused-ring (bicyclic) bond motifs is 2. The van der Waals surface area contributed by atoms with E-state index >= 15 is 0 Å². The van der Waals surface area contributed by atoms with Gasteiger partial charge in [-0.1, -0.05) is 12.1 Å². The lowest BCUT2D eigenvalue weighted by Crippen LogP contribution is -2.46. The smallest absolute Gasteiger partial charge is 0.225 e. The van der Waals surface area contributed by atoms with Crippen molar-refractivity contribution in [3.05, 3.63) is 29.8 Å². The topological polar surface area (TPSA) is 59.4 Å². The van der Waals surface area contributed by atoms with Gasteiger partial charge in [-0.05, 0) is 50.3 Å². The van der Waals surface area contributed by atoms with Gasteiger partial charge >= 0.3 is 0 Å². The highest BCUT2D eigenvalue weighted by atomic mass is 16.2. The highest BCUT2D eigenvalue weighted by Gasteiger charge is 2.47. The van der Waals surface area contributed by atoms with Crippen LogP contribution in [0.4, 0.5) is 5.69 Å². The molecule has 2 bridgehead atoms. The molecule has 1 aromatic carbocycles. The molecular weight excluding hydrogens is 300 g/mol. The Labute approximate surface area is 143 Å². The molecule has 1 amide bonds. The van der Waals surface area contributed by atoms with E-state index in [2.05, 4.69) is 47.6 Å². The zero-order valence-electron chi connectivity index (χ0n) is 14.1. The van der Waals surface area contributed by atoms with Gasteiger partial charge < -0.3 is 15.1 Å². The summed E-state index contributed by atoms with van der Waals surface area (Å²) < 4.78 is 0. The third kappa shape index (κ3) is 2.60. The summed E-state index contributed by atoms with van der Waals surface area (Å²) in [6.07, 6.45) is 6.26. The van der Waals surface area contributed by atoms with Gasteiger partial charge in [0.05, 0.1) is 18.0 Å². The van der Waals surface area contributed by atoms with E-state index in [9.17, 15) is 10.1 Å². The van der Waals surface area contributed by atoms with Crippen LogP contribution < -0.4 is 10.2 Å². The predicted octanol–water partition coefficient (Wildman–Crippen LogP) is 2.02. The second-order valence-electron chi connectivity index (χ2n) is 7.43. The fourth-order valence-corrected chi connectivity index (χ4v) is 4.63. The number of carbonyl (C=O) groups excluding carboxylic acids is 1. The number of rotatable bonds is 3. The Morgan fingerprint density at radius 2 is 2.21 bits per heavy atom. The molecule has 3 aliphatic rings. The zero-order chi connectivity index (χ0) is 16.7. The van der Waals surface area contributed by atoms with E-state index in [0.717, 1.165) is 38.8 Å². The van der Waals surface area contributed by atoms with Crippen molar-refractivity contribution < 1.29 is 4.79 Å². The molecule has 126 valence electrons. The summed E-state index contributed by atoms with van der Waals surface area (Å²) in [6, 6.07) is 9.19. The van der Waals surface area contributed by atoms with E-state index in [0.29, 0.717) is 6.04 Å². The molecule has 3 fully saturated rings. The van der Waals surface area contributed by atoms with Gasteiger partial charge in [0, 0.05) is 24.8 Å². The van der Waals surface area contributed by atoms with Crippen LogP contribution in [0.25, 0.3) is 0 Å². The summed E-state index contributed by atoms with van der Waals surface area (Å²) in [6.45, 7) is 3.82. The molecule has 3 aliphatic heterocycles. The van der Waals surface area contributed by atoms with Crippen LogP contribution in [0.15, 0.2) is 24.3 Å². The molecule has 1 aromatic rings. The van der Waals surface area contributed by atoms with Crippen molar-refractivity contribution >= 4 is 11.6 Å². The Hall–Kier alpha value is -2.22. The molecule has 5 nitrogen and oxygen atoms in total. The minimum absolute atomic E-state index is 0.0557. The third-order valence-electron chi connectivity index (χ3n) is 5.91. The average molecular weight is 324 g/mol. The maximum atomic E-state index is 12.7. The van der Waals surface area contributed by atoms with Crippen molar-refractivity contribution in [2.75, 3.05) is 18.0 Å². The van der Waals surface area contributed by atoms with E-state index in [-0.39, 0.29) is 23.9 Å². The van der Waals surface area contributed by atoms with Gasteiger partial charge in [-0.25, -0.2) is 0 Å². The number of amides is 1. The molecule has 0 saturated carbocycles. The van der Waals surface area contributed by atoms with Gasteiger partial charge in [-0.2, -0.15) is 5.26 Å². The normalized spacial score (nSPS) is 31.3. The third-order valence-corrected chi connectivity index (χ3v) is 5.91. The van der Waals surface area contributed by atoms with Gasteiger partial charge in [-0.3, -0.25) is 4.79 Å². The molecule has 3 heterocycles. The van der Waals surface area contributed by atoms with Crippen molar-refractivity contribution in [3.63, 3.8) is 0 Å². The minimum atomic E-state index is 0.0557. The van der Waals surface area contributed by atoms with E-state index in [1.807, 2.05) is 4.90 Å². The van der Waals surface area contributed by atoms with Gasteiger partial charge in [0.1, 0.15) is 0 Å². The Balaban J connectivity index is 1.36. The fraction of sp³-hybridized carbons (Fsp3) is 0.579. The summed E-state index contributed by atoms with van der Waals surface area (Å²) >= 11 is 0. The first-order valence-electron chi connectivity index (χ1n) is 8.96. The van der Waals surface area contributed by atoms with E-state index in [1.54, 1.807) is 0 Å². The Bertz CT molecular complexity index is 682. The van der Waals surface area contributed by atoms with Crippen molar-refractivity contribution in [2.24, 2.45) is 5.92 Å². The molecule has 4 atom stereocenters. The average Bonchev–Trinajstić information content (AvgIpc) is 3.28. The number of benzene rings is 1. The van der Waals surface area contributed by atoms with Crippen LogP contribution in [0.5, 0.6) is 0 Å². The van der Waals surface area contributed by atoms with Crippen molar-refractivity contribution in [2.45, 2.75) is 50.7 Å². The number of nitriles is 1. The molecule has 0 aliphatic carbocycles. The molecule has 1 N–H and O–H groups in total. The molecule has 0 aromatic heterocycles. The van der Waals surface area contributed by atoms with Crippen LogP contribution in [-0.2, 0) is 4.79 Å². The van der Waals surface area contributed by atoms with E-state index in [4.69, 9.17) is 0 Å². The summed E-state index contributed by atoms with van der Waals surface area (Å²) in [5.41, 5.74) is 2.46. The quantitative estimate of drug-likeness (QED) is 0.864. The molecule has 3 saturated heterocycles. The number of nitrogens with one attached hydrogen (secondary N) is 1. The van der Waals surface area contributed by atoms with Gasteiger partial charge in [0.15, 0.2) is 6.19 Å². The molecule has 0 spiro atoms. The second-order valence-corrected chi connectivity index (χ2v) is 7.43. The molecular formula is C19H24N4O. The Morgan fingerprint density at radius 3 is 2.96 bits per heavy atom. The standard InChI is InChI=1S/C19H24N4O/c1-13-3-2-4-15(9-13)22-8-7-14(11-22)19(24)21-17-10-16-5-6-18(17)23(16)12-20/h2-4,9,14,16-18H,5-8,10-11H2,1H3,(H,21,24)/t14-,16-,17+,18+/m0/s1. The van der Waals surface area contributed by atoms with Crippen LogP contribution in [0.1, 0.15) is 31.2 Å². The SMILES string of the molecule is Cc1cccc(N2CC[C@H](C(=O)N[C@@H]3C[C@@H]4CC[C@H]3N4C#N)C2)c1. The van der Waals surface area contributed by atoms with Crippen LogP contribution in [-0.4, -0.2) is 42.0 Å². The van der Waals surface area contributed by atoms with Crippen molar-refractivity contribution in [1.29, 1.82) is 5.26 Å². The molecule has 0 unspecified atom stereocenters. The maximum absolute atomic E-state index is 12.7. The largest absolute Gasteiger partial charge is 0.371 e. The molecule has 0 radical (unpaired) electrons. The highest BCUT2D eigenvalue weighted by Crippen LogP contribution is 2.37. The Morgan fingerprint density at radius 1 is 1.33 bits per heavy atom. The summed E-state index contributed by atoms with van der Waals surface area (Å²) in [5, 5.41) is 12.5. The van der Waals surface area contributed by atoms with Crippen LogP contribution in [0, 0.1) is 24.3 Å². The Kier molecular flexibility index (Phi) is 3.84. The first kappa shape index (κ1) is 15.3. The van der Waals surface area contributed by atoms with Crippen LogP contribution >= 0.6 is 0 Å². The molecule has 5 heteroatoms. The van der Waals surface area contributed by atoms with Crippen LogP contribution in [0.3, 0.4) is 0 Å². The number of nitrogens with zero attached hydrogens (tertiary/aromatic N) is 3.